The molecule has 0 atom stereocenters. The van der Waals surface area contributed by atoms with Gasteiger partial charge in [-0.3, -0.25) is 24.6 Å². The molecule has 3 aromatic rings. The number of nitrogens with zero attached hydrogens (tertiary/aromatic N) is 2. The minimum atomic E-state index is -0.293. The summed E-state index contributed by atoms with van der Waals surface area (Å²) in [5.41, 5.74) is 6.38. The molecule has 1 fully saturated rings. The van der Waals surface area contributed by atoms with Crippen molar-refractivity contribution in [2.75, 3.05) is 10.2 Å². The highest BCUT2D eigenvalue weighted by atomic mass is 32.1. The number of carbonyl (C=O) groups is 3. The number of amides is 3. The first-order valence-electron chi connectivity index (χ1n) is 9.64. The molecule has 1 aromatic heterocycles. The molecule has 1 N–H and O–H groups in total. The van der Waals surface area contributed by atoms with Gasteiger partial charge in [-0.2, -0.15) is 0 Å². The van der Waals surface area contributed by atoms with Gasteiger partial charge in [0.1, 0.15) is 0 Å². The first kappa shape index (κ1) is 20.0. The van der Waals surface area contributed by atoms with Crippen molar-refractivity contribution in [1.82, 2.24) is 4.98 Å². The van der Waals surface area contributed by atoms with E-state index in [2.05, 4.69) is 43.2 Å². The highest BCUT2D eigenvalue weighted by Gasteiger charge is 2.30. The fourth-order valence-electron chi connectivity index (χ4n) is 3.49. The zero-order valence-electron chi connectivity index (χ0n) is 17.0. The van der Waals surface area contributed by atoms with E-state index in [0.717, 1.165) is 16.8 Å². The van der Waals surface area contributed by atoms with Crippen LogP contribution in [-0.2, 0) is 9.59 Å². The molecule has 7 heteroatoms. The molecule has 0 unspecified atom stereocenters. The standard InChI is InChI=1S/C23H21N3O3S/c1-13-10-15(3)18(11-14(13)2)19-12-30-23(24-19)25-22(29)16-4-6-17(7-5-16)26-20(27)8-9-21(26)28/h4-7,10-12H,8-9H2,1-3H3,(H,24,25,29). The highest BCUT2D eigenvalue weighted by molar-refractivity contribution is 7.14. The second-order valence-corrected chi connectivity index (χ2v) is 8.27. The Morgan fingerprint density at radius 3 is 2.27 bits per heavy atom. The van der Waals surface area contributed by atoms with E-state index in [1.807, 2.05) is 5.38 Å². The zero-order valence-corrected chi connectivity index (χ0v) is 17.8. The molecule has 0 radical (unpaired) electrons. The normalized spacial score (nSPS) is 13.8. The Balaban J connectivity index is 1.49. The Labute approximate surface area is 178 Å². The van der Waals surface area contributed by atoms with Gasteiger partial charge in [0.05, 0.1) is 11.4 Å². The van der Waals surface area contributed by atoms with Crippen LogP contribution in [0.15, 0.2) is 41.8 Å². The van der Waals surface area contributed by atoms with Crippen LogP contribution >= 0.6 is 11.3 Å². The summed E-state index contributed by atoms with van der Waals surface area (Å²) in [4.78, 5) is 42.0. The highest BCUT2D eigenvalue weighted by Crippen LogP contribution is 2.30. The summed E-state index contributed by atoms with van der Waals surface area (Å²) in [5.74, 6) is -0.721. The number of carbonyl (C=O) groups excluding carboxylic acids is 3. The summed E-state index contributed by atoms with van der Waals surface area (Å²) in [5, 5.41) is 5.27. The summed E-state index contributed by atoms with van der Waals surface area (Å²) in [6.45, 7) is 6.21. The molecule has 2 heterocycles. The number of imide groups is 1. The van der Waals surface area contributed by atoms with Crippen LogP contribution in [0.5, 0.6) is 0 Å². The van der Waals surface area contributed by atoms with Gasteiger partial charge in [0, 0.05) is 29.3 Å². The van der Waals surface area contributed by atoms with E-state index < -0.39 is 0 Å². The molecule has 0 bridgehead atoms. The molecule has 6 nitrogen and oxygen atoms in total. The van der Waals surface area contributed by atoms with Gasteiger partial charge in [-0.15, -0.1) is 11.3 Å². The van der Waals surface area contributed by atoms with Crippen LogP contribution in [0.2, 0.25) is 0 Å². The summed E-state index contributed by atoms with van der Waals surface area (Å²) >= 11 is 1.37. The van der Waals surface area contributed by atoms with E-state index in [1.54, 1.807) is 24.3 Å². The molecule has 0 saturated carbocycles. The monoisotopic (exact) mass is 419 g/mol. The number of thiazole rings is 1. The van der Waals surface area contributed by atoms with E-state index >= 15 is 0 Å². The Morgan fingerprint density at radius 1 is 0.967 bits per heavy atom. The van der Waals surface area contributed by atoms with Gasteiger partial charge in [-0.05, 0) is 67.8 Å². The second-order valence-electron chi connectivity index (χ2n) is 7.41. The van der Waals surface area contributed by atoms with Gasteiger partial charge in [-0.1, -0.05) is 6.07 Å². The van der Waals surface area contributed by atoms with Crippen LogP contribution in [0.4, 0.5) is 10.8 Å². The number of nitrogens with one attached hydrogen (secondary N) is 1. The number of aryl methyl sites for hydroxylation is 3. The number of aromatic nitrogens is 1. The van der Waals surface area contributed by atoms with Crippen LogP contribution in [0.1, 0.15) is 39.9 Å². The fraction of sp³-hybridized carbons (Fsp3) is 0.217. The Morgan fingerprint density at radius 2 is 1.60 bits per heavy atom. The summed E-state index contributed by atoms with van der Waals surface area (Å²) in [6.07, 6.45) is 0.459. The topological polar surface area (TPSA) is 79.4 Å². The van der Waals surface area contributed by atoms with E-state index in [1.165, 1.54) is 27.4 Å². The van der Waals surface area contributed by atoms with E-state index in [-0.39, 0.29) is 30.6 Å². The third-order valence-corrected chi connectivity index (χ3v) is 6.04. The predicted molar refractivity (Wildman–Crippen MR) is 118 cm³/mol. The molecular weight excluding hydrogens is 398 g/mol. The molecule has 0 aliphatic carbocycles. The summed E-state index contributed by atoms with van der Waals surface area (Å²) in [7, 11) is 0. The minimum Gasteiger partial charge on any atom is -0.298 e. The third kappa shape index (κ3) is 3.76. The summed E-state index contributed by atoms with van der Waals surface area (Å²) < 4.78 is 0. The van der Waals surface area contributed by atoms with E-state index in [0.29, 0.717) is 16.4 Å². The van der Waals surface area contributed by atoms with Gasteiger partial charge in [0.15, 0.2) is 5.13 Å². The molecule has 30 heavy (non-hydrogen) atoms. The van der Waals surface area contributed by atoms with Crippen LogP contribution < -0.4 is 10.2 Å². The molecule has 152 valence electrons. The lowest BCUT2D eigenvalue weighted by Crippen LogP contribution is -2.28. The lowest BCUT2D eigenvalue weighted by molar-refractivity contribution is -0.121. The van der Waals surface area contributed by atoms with Crippen LogP contribution in [0.3, 0.4) is 0 Å². The average Bonchev–Trinajstić information content (AvgIpc) is 3.31. The minimum absolute atomic E-state index is 0.214. The maximum absolute atomic E-state index is 12.6. The lowest BCUT2D eigenvalue weighted by Gasteiger charge is -2.13. The number of anilines is 2. The van der Waals surface area contributed by atoms with Crippen molar-refractivity contribution in [2.45, 2.75) is 33.6 Å². The molecule has 1 saturated heterocycles. The summed E-state index contributed by atoms with van der Waals surface area (Å²) in [6, 6.07) is 10.7. The molecule has 3 amide bonds. The molecule has 4 rings (SSSR count). The van der Waals surface area contributed by atoms with Crippen LogP contribution in [0, 0.1) is 20.8 Å². The SMILES string of the molecule is Cc1cc(C)c(-c2csc(NC(=O)c3ccc(N4C(=O)CCC4=O)cc3)n2)cc1C. The van der Waals surface area contributed by atoms with Gasteiger partial charge in [0.2, 0.25) is 11.8 Å². The van der Waals surface area contributed by atoms with Gasteiger partial charge in [-0.25, -0.2) is 4.98 Å². The fourth-order valence-corrected chi connectivity index (χ4v) is 4.19. The van der Waals surface area contributed by atoms with Crippen LogP contribution in [0.25, 0.3) is 11.3 Å². The van der Waals surface area contributed by atoms with Crippen molar-refractivity contribution in [3.63, 3.8) is 0 Å². The van der Waals surface area contributed by atoms with Gasteiger partial charge in [0.25, 0.3) is 5.91 Å². The smallest absolute Gasteiger partial charge is 0.257 e. The van der Waals surface area contributed by atoms with E-state index in [9.17, 15) is 14.4 Å². The van der Waals surface area contributed by atoms with Crippen molar-refractivity contribution < 1.29 is 14.4 Å². The second kappa shape index (κ2) is 7.84. The quantitative estimate of drug-likeness (QED) is 0.625. The van der Waals surface area contributed by atoms with Crippen molar-refractivity contribution in [1.29, 1.82) is 0 Å². The van der Waals surface area contributed by atoms with Crippen molar-refractivity contribution in [2.24, 2.45) is 0 Å². The third-order valence-electron chi connectivity index (χ3n) is 5.28. The number of rotatable bonds is 4. The average molecular weight is 420 g/mol. The first-order valence-corrected chi connectivity index (χ1v) is 10.5. The zero-order chi connectivity index (χ0) is 21.4. The van der Waals surface area contributed by atoms with Crippen molar-refractivity contribution in [3.8, 4) is 11.3 Å². The molecule has 0 spiro atoms. The first-order chi connectivity index (χ1) is 14.3. The Bertz CT molecular complexity index is 1150. The number of hydrogen-bond acceptors (Lipinski definition) is 5. The predicted octanol–water partition coefficient (Wildman–Crippen LogP) is 4.64. The molecule has 2 aromatic carbocycles. The number of hydrogen-bond donors (Lipinski definition) is 1. The van der Waals surface area contributed by atoms with Crippen LogP contribution in [-0.4, -0.2) is 22.7 Å². The van der Waals surface area contributed by atoms with Crippen molar-refractivity contribution >= 4 is 39.9 Å². The van der Waals surface area contributed by atoms with Gasteiger partial charge >= 0.3 is 0 Å². The Hall–Kier alpha value is -3.32. The molecule has 1 aliphatic rings. The Kier molecular flexibility index (Phi) is 5.22. The molecular formula is C23H21N3O3S. The van der Waals surface area contributed by atoms with E-state index in [4.69, 9.17) is 0 Å². The molecule has 1 aliphatic heterocycles. The maximum Gasteiger partial charge on any atom is 0.257 e. The largest absolute Gasteiger partial charge is 0.298 e. The lowest BCUT2D eigenvalue weighted by atomic mass is 9.99. The number of benzene rings is 2. The van der Waals surface area contributed by atoms with Crippen molar-refractivity contribution in [3.05, 3.63) is 64.0 Å². The maximum atomic E-state index is 12.6. The van der Waals surface area contributed by atoms with Gasteiger partial charge < -0.3 is 0 Å².